The number of rotatable bonds is 8. The minimum absolute atomic E-state index is 1.06. The van der Waals surface area contributed by atoms with Crippen molar-refractivity contribution in [2.24, 2.45) is 0 Å². The van der Waals surface area contributed by atoms with Gasteiger partial charge in [-0.25, -0.2) is 0 Å². The van der Waals surface area contributed by atoms with Gasteiger partial charge in [-0.3, -0.25) is 0 Å². The monoisotopic (exact) mass is 184 g/mol. The Kier molecular flexibility index (Phi) is 9.29. The Morgan fingerprint density at radius 2 is 1.54 bits per heavy atom. The van der Waals surface area contributed by atoms with Crippen LogP contribution >= 0.6 is 0 Å². The van der Waals surface area contributed by atoms with Crippen LogP contribution in [0.5, 0.6) is 0 Å². The van der Waals surface area contributed by atoms with Gasteiger partial charge in [0.25, 0.3) is 0 Å². The predicted molar refractivity (Wildman–Crippen MR) is 59.0 cm³/mol. The van der Waals surface area contributed by atoms with Gasteiger partial charge in [0, 0.05) is 0 Å². The van der Waals surface area contributed by atoms with Gasteiger partial charge >= 0.3 is 0 Å². The lowest BCUT2D eigenvalue weighted by atomic mass is 10.1. The average molecular weight is 184 g/mol. The summed E-state index contributed by atoms with van der Waals surface area (Å²) < 4.78 is 0. The SMILES string of the molecule is CCCCCCCCCC(C)=CO. The van der Waals surface area contributed by atoms with E-state index in [1.807, 2.05) is 6.92 Å². The number of allylic oxidation sites excluding steroid dienone is 1. The largest absolute Gasteiger partial charge is 0.516 e. The third kappa shape index (κ3) is 9.45. The third-order valence-corrected chi connectivity index (χ3v) is 2.40. The van der Waals surface area contributed by atoms with Crippen molar-refractivity contribution in [3.05, 3.63) is 11.8 Å². The molecule has 0 saturated carbocycles. The van der Waals surface area contributed by atoms with Crippen LogP contribution in [0, 0.1) is 0 Å². The smallest absolute Gasteiger partial charge is 0.0780 e. The summed E-state index contributed by atoms with van der Waals surface area (Å²) in [5.74, 6) is 0. The number of aliphatic hydroxyl groups is 1. The second kappa shape index (κ2) is 9.63. The van der Waals surface area contributed by atoms with Crippen molar-refractivity contribution in [1.29, 1.82) is 0 Å². The summed E-state index contributed by atoms with van der Waals surface area (Å²) in [6.45, 7) is 4.23. The summed E-state index contributed by atoms with van der Waals surface area (Å²) in [7, 11) is 0. The minimum atomic E-state index is 1.06. The highest BCUT2D eigenvalue weighted by atomic mass is 16.2. The highest BCUT2D eigenvalue weighted by molar-refractivity contribution is 4.91. The van der Waals surface area contributed by atoms with Crippen LogP contribution in [0.15, 0.2) is 11.8 Å². The number of hydrogen-bond acceptors (Lipinski definition) is 1. The summed E-state index contributed by atoms with van der Waals surface area (Å²) in [5, 5.41) is 8.65. The van der Waals surface area contributed by atoms with E-state index in [1.54, 1.807) is 0 Å². The number of hydrogen-bond donors (Lipinski definition) is 1. The van der Waals surface area contributed by atoms with Gasteiger partial charge in [-0.05, 0) is 25.3 Å². The molecule has 0 bridgehead atoms. The molecular weight excluding hydrogens is 160 g/mol. The van der Waals surface area contributed by atoms with E-state index < -0.39 is 0 Å². The van der Waals surface area contributed by atoms with Crippen LogP contribution in [0.4, 0.5) is 0 Å². The van der Waals surface area contributed by atoms with Crippen molar-refractivity contribution in [2.75, 3.05) is 0 Å². The first-order valence-electron chi connectivity index (χ1n) is 5.61. The third-order valence-electron chi connectivity index (χ3n) is 2.40. The molecule has 0 aromatic carbocycles. The maximum absolute atomic E-state index is 8.65. The second-order valence-electron chi connectivity index (χ2n) is 3.85. The Bertz CT molecular complexity index is 127. The van der Waals surface area contributed by atoms with Gasteiger partial charge in [-0.1, -0.05) is 45.4 Å². The van der Waals surface area contributed by atoms with Gasteiger partial charge < -0.3 is 5.11 Å². The molecule has 0 radical (unpaired) electrons. The Balaban J connectivity index is 3.00. The molecule has 0 aliphatic heterocycles. The molecular formula is C12H24O. The molecule has 78 valence electrons. The van der Waals surface area contributed by atoms with Crippen LogP contribution in [-0.4, -0.2) is 5.11 Å². The minimum Gasteiger partial charge on any atom is -0.516 e. The fourth-order valence-corrected chi connectivity index (χ4v) is 1.43. The maximum atomic E-state index is 8.65. The van der Waals surface area contributed by atoms with Crippen LogP contribution in [0.25, 0.3) is 0 Å². The molecule has 0 aliphatic rings. The van der Waals surface area contributed by atoms with Crippen LogP contribution in [-0.2, 0) is 0 Å². The molecule has 0 aromatic heterocycles. The molecule has 0 rings (SSSR count). The number of unbranched alkanes of at least 4 members (excludes halogenated alkanes) is 6. The normalized spacial score (nSPS) is 12.0. The lowest BCUT2D eigenvalue weighted by Gasteiger charge is -2.00. The van der Waals surface area contributed by atoms with E-state index in [0.29, 0.717) is 0 Å². The lowest BCUT2D eigenvalue weighted by Crippen LogP contribution is -1.81. The van der Waals surface area contributed by atoms with Crippen LogP contribution in [0.1, 0.15) is 65.2 Å². The Labute approximate surface area is 82.9 Å². The molecule has 1 nitrogen and oxygen atoms in total. The standard InChI is InChI=1S/C12H24O/c1-3-4-5-6-7-8-9-10-12(2)11-13/h11,13H,3-10H2,1-2H3. The fourth-order valence-electron chi connectivity index (χ4n) is 1.43. The van der Waals surface area contributed by atoms with E-state index in [2.05, 4.69) is 6.92 Å². The molecule has 0 fully saturated rings. The zero-order chi connectivity index (χ0) is 9.94. The molecule has 0 heterocycles. The lowest BCUT2D eigenvalue weighted by molar-refractivity contribution is 0.462. The summed E-state index contributed by atoms with van der Waals surface area (Å²) in [6, 6.07) is 0. The molecule has 1 N–H and O–H groups in total. The molecule has 0 aliphatic carbocycles. The van der Waals surface area contributed by atoms with Crippen LogP contribution in [0.3, 0.4) is 0 Å². The van der Waals surface area contributed by atoms with Crippen molar-refractivity contribution < 1.29 is 5.11 Å². The highest BCUT2D eigenvalue weighted by Crippen LogP contribution is 2.11. The Hall–Kier alpha value is -0.460. The molecule has 0 aromatic rings. The molecule has 1 heteroatoms. The van der Waals surface area contributed by atoms with Gasteiger partial charge in [-0.2, -0.15) is 0 Å². The Morgan fingerprint density at radius 3 is 2.08 bits per heavy atom. The maximum Gasteiger partial charge on any atom is 0.0780 e. The van der Waals surface area contributed by atoms with Gasteiger partial charge in [0.2, 0.25) is 0 Å². The quantitative estimate of drug-likeness (QED) is 0.432. The first kappa shape index (κ1) is 12.5. The molecule has 0 atom stereocenters. The Morgan fingerprint density at radius 1 is 1.00 bits per heavy atom. The topological polar surface area (TPSA) is 20.2 Å². The molecule has 0 amide bonds. The molecule has 13 heavy (non-hydrogen) atoms. The van der Waals surface area contributed by atoms with Gasteiger partial charge in [-0.15, -0.1) is 0 Å². The van der Waals surface area contributed by atoms with E-state index in [4.69, 9.17) is 5.11 Å². The van der Waals surface area contributed by atoms with Crippen molar-refractivity contribution in [1.82, 2.24) is 0 Å². The van der Waals surface area contributed by atoms with E-state index in [0.717, 1.165) is 12.0 Å². The molecule has 0 saturated heterocycles. The van der Waals surface area contributed by atoms with E-state index in [1.165, 1.54) is 51.2 Å². The van der Waals surface area contributed by atoms with Crippen molar-refractivity contribution in [3.63, 3.8) is 0 Å². The van der Waals surface area contributed by atoms with Crippen LogP contribution in [0.2, 0.25) is 0 Å². The highest BCUT2D eigenvalue weighted by Gasteiger charge is 1.92. The summed E-state index contributed by atoms with van der Waals surface area (Å²) in [5.41, 5.74) is 1.11. The average Bonchev–Trinajstić information content (AvgIpc) is 2.16. The van der Waals surface area contributed by atoms with Gasteiger partial charge in [0.15, 0.2) is 0 Å². The van der Waals surface area contributed by atoms with Gasteiger partial charge in [0.05, 0.1) is 6.26 Å². The van der Waals surface area contributed by atoms with E-state index in [-0.39, 0.29) is 0 Å². The molecule has 0 unspecified atom stereocenters. The fraction of sp³-hybridized carbons (Fsp3) is 0.833. The van der Waals surface area contributed by atoms with Crippen molar-refractivity contribution >= 4 is 0 Å². The van der Waals surface area contributed by atoms with Crippen LogP contribution < -0.4 is 0 Å². The summed E-state index contributed by atoms with van der Waals surface area (Å²) in [4.78, 5) is 0. The predicted octanol–water partition coefficient (Wildman–Crippen LogP) is 4.59. The van der Waals surface area contributed by atoms with E-state index >= 15 is 0 Å². The van der Waals surface area contributed by atoms with Gasteiger partial charge in [0.1, 0.15) is 0 Å². The van der Waals surface area contributed by atoms with E-state index in [9.17, 15) is 0 Å². The number of aliphatic hydroxyl groups excluding tert-OH is 1. The molecule has 0 spiro atoms. The zero-order valence-corrected chi connectivity index (χ0v) is 9.18. The van der Waals surface area contributed by atoms with Crippen molar-refractivity contribution in [3.8, 4) is 0 Å². The first-order chi connectivity index (χ1) is 6.31. The summed E-state index contributed by atoms with van der Waals surface area (Å²) in [6.07, 6.45) is 11.7. The second-order valence-corrected chi connectivity index (χ2v) is 3.85. The summed E-state index contributed by atoms with van der Waals surface area (Å²) >= 11 is 0. The first-order valence-corrected chi connectivity index (χ1v) is 5.61. The van der Waals surface area contributed by atoms with Crippen molar-refractivity contribution in [2.45, 2.75) is 65.2 Å². The zero-order valence-electron chi connectivity index (χ0n) is 9.18.